The van der Waals surface area contributed by atoms with E-state index in [4.69, 9.17) is 0 Å². The summed E-state index contributed by atoms with van der Waals surface area (Å²) in [5.41, 5.74) is 4.02. The summed E-state index contributed by atoms with van der Waals surface area (Å²) in [5.74, 6) is 0.159. The van der Waals surface area contributed by atoms with Crippen molar-refractivity contribution >= 4 is 17.3 Å². The second-order valence-electron chi connectivity index (χ2n) is 6.16. The highest BCUT2D eigenvalue weighted by Crippen LogP contribution is 2.47. The summed E-state index contributed by atoms with van der Waals surface area (Å²) >= 11 is 0. The Morgan fingerprint density at radius 1 is 1.00 bits per heavy atom. The molecule has 1 aliphatic heterocycles. The van der Waals surface area contributed by atoms with E-state index in [1.807, 2.05) is 49.1 Å². The standard InChI is InChI=1S/C19H21NO/c1-4-9-14-10-8-13-16-17(14)19(2,3)18(21)20(16)15-11-6-5-7-12-15/h5-8,10-13H,4,9H2,1-3H3. The summed E-state index contributed by atoms with van der Waals surface area (Å²) < 4.78 is 0. The average Bonchev–Trinajstić information content (AvgIpc) is 2.69. The number of carbonyl (C=O) groups excluding carboxylic acids is 1. The van der Waals surface area contributed by atoms with Crippen LogP contribution in [0.15, 0.2) is 48.5 Å². The smallest absolute Gasteiger partial charge is 0.241 e. The van der Waals surface area contributed by atoms with Gasteiger partial charge in [0.05, 0.1) is 11.1 Å². The number of nitrogens with zero attached hydrogens (tertiary/aromatic N) is 1. The van der Waals surface area contributed by atoms with Gasteiger partial charge in [-0.05, 0) is 49.6 Å². The van der Waals surface area contributed by atoms with Crippen molar-refractivity contribution in [1.29, 1.82) is 0 Å². The van der Waals surface area contributed by atoms with Gasteiger partial charge in [0.2, 0.25) is 5.91 Å². The first kappa shape index (κ1) is 13.9. The van der Waals surface area contributed by atoms with Crippen LogP contribution in [0.25, 0.3) is 0 Å². The lowest BCUT2D eigenvalue weighted by Gasteiger charge is -2.20. The second kappa shape index (κ2) is 5.03. The van der Waals surface area contributed by atoms with Gasteiger partial charge in [0, 0.05) is 5.69 Å². The Morgan fingerprint density at radius 2 is 1.71 bits per heavy atom. The van der Waals surface area contributed by atoms with Crippen molar-refractivity contribution in [3.8, 4) is 0 Å². The molecule has 3 rings (SSSR count). The first-order chi connectivity index (χ1) is 10.1. The van der Waals surface area contributed by atoms with Crippen LogP contribution in [-0.2, 0) is 16.6 Å². The minimum absolute atomic E-state index is 0.159. The Bertz CT molecular complexity index is 673. The number of amides is 1. The van der Waals surface area contributed by atoms with Crippen molar-refractivity contribution in [2.24, 2.45) is 0 Å². The Hall–Kier alpha value is -2.09. The molecule has 1 aliphatic rings. The molecule has 0 aromatic heterocycles. The lowest BCUT2D eigenvalue weighted by molar-refractivity contribution is -0.121. The summed E-state index contributed by atoms with van der Waals surface area (Å²) in [7, 11) is 0. The molecule has 2 nitrogen and oxygen atoms in total. The van der Waals surface area contributed by atoms with Crippen molar-refractivity contribution in [2.75, 3.05) is 4.90 Å². The van der Waals surface area contributed by atoms with Gasteiger partial charge in [-0.1, -0.05) is 43.7 Å². The maximum absolute atomic E-state index is 13.0. The lowest BCUT2D eigenvalue weighted by atomic mass is 9.82. The summed E-state index contributed by atoms with van der Waals surface area (Å²) in [6.45, 7) is 6.25. The van der Waals surface area contributed by atoms with Gasteiger partial charge in [-0.25, -0.2) is 0 Å². The average molecular weight is 279 g/mol. The zero-order valence-electron chi connectivity index (χ0n) is 12.9. The van der Waals surface area contributed by atoms with E-state index >= 15 is 0 Å². The van der Waals surface area contributed by atoms with E-state index < -0.39 is 5.41 Å². The van der Waals surface area contributed by atoms with E-state index in [9.17, 15) is 4.79 Å². The summed E-state index contributed by atoms with van der Waals surface area (Å²) in [4.78, 5) is 14.8. The topological polar surface area (TPSA) is 20.3 Å². The molecule has 0 bridgehead atoms. The molecule has 0 radical (unpaired) electrons. The van der Waals surface area contributed by atoms with Crippen LogP contribution in [0.1, 0.15) is 38.3 Å². The summed E-state index contributed by atoms with van der Waals surface area (Å²) in [6.07, 6.45) is 2.11. The van der Waals surface area contributed by atoms with Crippen LogP contribution in [0.2, 0.25) is 0 Å². The molecule has 0 aliphatic carbocycles. The molecular formula is C19H21NO. The predicted molar refractivity (Wildman–Crippen MR) is 87.1 cm³/mol. The van der Waals surface area contributed by atoms with Gasteiger partial charge in [-0.2, -0.15) is 0 Å². The fourth-order valence-corrected chi connectivity index (χ4v) is 3.30. The molecule has 0 fully saturated rings. The van der Waals surface area contributed by atoms with Crippen LogP contribution in [0.3, 0.4) is 0 Å². The van der Waals surface area contributed by atoms with Crippen molar-refractivity contribution < 1.29 is 4.79 Å². The number of benzene rings is 2. The molecule has 1 heterocycles. The third kappa shape index (κ3) is 2.06. The molecule has 0 atom stereocenters. The molecule has 2 aromatic carbocycles. The van der Waals surface area contributed by atoms with Crippen LogP contribution in [0.4, 0.5) is 11.4 Å². The molecule has 108 valence electrons. The number of hydrogen-bond acceptors (Lipinski definition) is 1. The van der Waals surface area contributed by atoms with E-state index in [-0.39, 0.29) is 5.91 Å². The van der Waals surface area contributed by atoms with Gasteiger partial charge in [0.15, 0.2) is 0 Å². The van der Waals surface area contributed by atoms with Crippen molar-refractivity contribution in [3.05, 3.63) is 59.7 Å². The minimum atomic E-state index is -0.461. The molecule has 21 heavy (non-hydrogen) atoms. The van der Waals surface area contributed by atoms with Crippen LogP contribution < -0.4 is 4.90 Å². The first-order valence-corrected chi connectivity index (χ1v) is 7.59. The number of rotatable bonds is 3. The number of para-hydroxylation sites is 1. The second-order valence-corrected chi connectivity index (χ2v) is 6.16. The van der Waals surface area contributed by atoms with Gasteiger partial charge in [0.25, 0.3) is 0 Å². The zero-order valence-corrected chi connectivity index (χ0v) is 12.9. The van der Waals surface area contributed by atoms with Crippen LogP contribution >= 0.6 is 0 Å². The highest BCUT2D eigenvalue weighted by molar-refractivity contribution is 6.12. The van der Waals surface area contributed by atoms with E-state index in [2.05, 4.69) is 25.1 Å². The van der Waals surface area contributed by atoms with E-state index in [1.54, 1.807) is 0 Å². The first-order valence-electron chi connectivity index (χ1n) is 7.59. The molecule has 0 N–H and O–H groups in total. The van der Waals surface area contributed by atoms with E-state index in [0.29, 0.717) is 0 Å². The van der Waals surface area contributed by atoms with Crippen LogP contribution in [-0.4, -0.2) is 5.91 Å². The lowest BCUT2D eigenvalue weighted by Crippen LogP contribution is -2.33. The van der Waals surface area contributed by atoms with Gasteiger partial charge in [-0.3, -0.25) is 9.69 Å². The Balaban J connectivity index is 2.21. The number of carbonyl (C=O) groups is 1. The minimum Gasteiger partial charge on any atom is -0.280 e. The third-order valence-corrected chi connectivity index (χ3v) is 4.27. The maximum atomic E-state index is 13.0. The van der Waals surface area contributed by atoms with Gasteiger partial charge < -0.3 is 0 Å². The molecule has 0 unspecified atom stereocenters. The maximum Gasteiger partial charge on any atom is 0.241 e. The van der Waals surface area contributed by atoms with Crippen molar-refractivity contribution in [2.45, 2.75) is 39.0 Å². The Kier molecular flexibility index (Phi) is 3.32. The summed E-state index contributed by atoms with van der Waals surface area (Å²) in [5, 5.41) is 0. The molecule has 0 spiro atoms. The molecule has 2 heteroatoms. The van der Waals surface area contributed by atoms with Crippen LogP contribution in [0.5, 0.6) is 0 Å². The molecule has 0 saturated carbocycles. The predicted octanol–water partition coefficient (Wildman–Crippen LogP) is 4.60. The SMILES string of the molecule is CCCc1cccc2c1C(C)(C)C(=O)N2c1ccccc1. The van der Waals surface area contributed by atoms with E-state index in [0.717, 1.165) is 24.2 Å². The fourth-order valence-electron chi connectivity index (χ4n) is 3.30. The Labute approximate surface area is 126 Å². The highest BCUT2D eigenvalue weighted by atomic mass is 16.2. The molecule has 0 saturated heterocycles. The van der Waals surface area contributed by atoms with Crippen molar-refractivity contribution in [3.63, 3.8) is 0 Å². The van der Waals surface area contributed by atoms with Crippen molar-refractivity contribution in [1.82, 2.24) is 0 Å². The largest absolute Gasteiger partial charge is 0.280 e. The molecular weight excluding hydrogens is 258 g/mol. The number of hydrogen-bond donors (Lipinski definition) is 0. The van der Waals surface area contributed by atoms with Gasteiger partial charge in [0.1, 0.15) is 0 Å². The normalized spacial score (nSPS) is 16.1. The number of aryl methyl sites for hydroxylation is 1. The van der Waals surface area contributed by atoms with Gasteiger partial charge in [-0.15, -0.1) is 0 Å². The number of anilines is 2. The third-order valence-electron chi connectivity index (χ3n) is 4.27. The van der Waals surface area contributed by atoms with Gasteiger partial charge >= 0.3 is 0 Å². The quantitative estimate of drug-likeness (QED) is 0.804. The monoisotopic (exact) mass is 279 g/mol. The zero-order chi connectivity index (χ0) is 15.0. The highest BCUT2D eigenvalue weighted by Gasteiger charge is 2.45. The van der Waals surface area contributed by atoms with Crippen LogP contribution in [0, 0.1) is 0 Å². The molecule has 1 amide bonds. The Morgan fingerprint density at radius 3 is 2.38 bits per heavy atom. The molecule has 2 aromatic rings. The fraction of sp³-hybridized carbons (Fsp3) is 0.316. The van der Waals surface area contributed by atoms with E-state index in [1.165, 1.54) is 11.1 Å². The summed E-state index contributed by atoms with van der Waals surface area (Å²) in [6, 6.07) is 16.2. The number of fused-ring (bicyclic) bond motifs is 1.